The molecule has 0 N–H and O–H groups in total. The lowest BCUT2D eigenvalue weighted by molar-refractivity contribution is -0.132. The van der Waals surface area contributed by atoms with E-state index in [1.807, 2.05) is 47.2 Å². The van der Waals surface area contributed by atoms with Crippen LogP contribution in [0.1, 0.15) is 22.7 Å². The Labute approximate surface area is 166 Å². The minimum Gasteiger partial charge on any atom is -0.421 e. The van der Waals surface area contributed by atoms with Crippen molar-refractivity contribution in [3.63, 3.8) is 0 Å². The van der Waals surface area contributed by atoms with Gasteiger partial charge in [-0.2, -0.15) is 11.3 Å². The van der Waals surface area contributed by atoms with Gasteiger partial charge in [-0.15, -0.1) is 10.2 Å². The second kappa shape index (κ2) is 8.35. The topological polar surface area (TPSA) is 79.5 Å². The van der Waals surface area contributed by atoms with Crippen LogP contribution in [0.3, 0.4) is 0 Å². The van der Waals surface area contributed by atoms with Gasteiger partial charge in [-0.05, 0) is 23.6 Å². The van der Waals surface area contributed by atoms with Crippen LogP contribution in [0.5, 0.6) is 0 Å². The van der Waals surface area contributed by atoms with E-state index in [-0.39, 0.29) is 11.8 Å². The standard InChI is InChI=1S/C20H20N4O3S/c25-18(7-6-17-21-22-19(27-17)16-8-13-28-14-16)23-9-11-24(12-10-23)20(26)15-4-2-1-3-5-15/h1-5,8,13-14H,6-7,9-12H2. The van der Waals surface area contributed by atoms with Gasteiger partial charge in [-0.25, -0.2) is 0 Å². The molecule has 1 aliphatic heterocycles. The molecule has 8 heteroatoms. The SMILES string of the molecule is O=C(CCc1nnc(-c2ccsc2)o1)N1CCN(C(=O)c2ccccc2)CC1. The molecule has 7 nitrogen and oxygen atoms in total. The van der Waals surface area contributed by atoms with E-state index in [9.17, 15) is 9.59 Å². The van der Waals surface area contributed by atoms with Crippen LogP contribution in [0.15, 0.2) is 51.6 Å². The van der Waals surface area contributed by atoms with Crippen molar-refractivity contribution in [2.24, 2.45) is 0 Å². The summed E-state index contributed by atoms with van der Waals surface area (Å²) in [6.45, 7) is 2.17. The minimum atomic E-state index is 0.0134. The van der Waals surface area contributed by atoms with Crippen LogP contribution < -0.4 is 0 Å². The molecule has 28 heavy (non-hydrogen) atoms. The van der Waals surface area contributed by atoms with E-state index in [1.54, 1.807) is 21.1 Å². The summed E-state index contributed by atoms with van der Waals surface area (Å²) in [5.41, 5.74) is 1.58. The van der Waals surface area contributed by atoms with E-state index in [0.29, 0.717) is 56.4 Å². The number of nitrogens with zero attached hydrogens (tertiary/aromatic N) is 4. The monoisotopic (exact) mass is 396 g/mol. The highest BCUT2D eigenvalue weighted by atomic mass is 32.1. The average Bonchev–Trinajstić information content (AvgIpc) is 3.44. The summed E-state index contributed by atoms with van der Waals surface area (Å²) in [5.74, 6) is 1.01. The van der Waals surface area contributed by atoms with Crippen molar-refractivity contribution < 1.29 is 14.0 Å². The molecular weight excluding hydrogens is 376 g/mol. The number of carbonyl (C=O) groups is 2. The highest BCUT2D eigenvalue weighted by Gasteiger charge is 2.25. The highest BCUT2D eigenvalue weighted by Crippen LogP contribution is 2.21. The maximum Gasteiger partial charge on any atom is 0.253 e. The number of rotatable bonds is 5. The number of thiophene rings is 1. The lowest BCUT2D eigenvalue weighted by Gasteiger charge is -2.34. The summed E-state index contributed by atoms with van der Waals surface area (Å²) in [5, 5.41) is 11.9. The molecule has 1 aliphatic rings. The van der Waals surface area contributed by atoms with Gasteiger partial charge in [0.2, 0.25) is 17.7 Å². The van der Waals surface area contributed by atoms with Crippen molar-refractivity contribution in [3.8, 4) is 11.5 Å². The minimum absolute atomic E-state index is 0.0134. The average molecular weight is 396 g/mol. The third-order valence-electron chi connectivity index (χ3n) is 4.73. The molecule has 1 fully saturated rings. The van der Waals surface area contributed by atoms with Gasteiger partial charge in [0.1, 0.15) is 0 Å². The first kappa shape index (κ1) is 18.4. The predicted molar refractivity (Wildman–Crippen MR) is 105 cm³/mol. The van der Waals surface area contributed by atoms with Crippen LogP contribution in [-0.2, 0) is 11.2 Å². The van der Waals surface area contributed by atoms with Crippen molar-refractivity contribution in [3.05, 3.63) is 58.6 Å². The van der Waals surface area contributed by atoms with Crippen molar-refractivity contribution in [1.82, 2.24) is 20.0 Å². The van der Waals surface area contributed by atoms with Crippen LogP contribution >= 0.6 is 11.3 Å². The summed E-state index contributed by atoms with van der Waals surface area (Å²) >= 11 is 1.56. The van der Waals surface area contributed by atoms with Crippen LogP contribution in [0, 0.1) is 0 Å². The van der Waals surface area contributed by atoms with Crippen LogP contribution in [0.4, 0.5) is 0 Å². The molecule has 0 spiro atoms. The second-order valence-electron chi connectivity index (χ2n) is 6.55. The van der Waals surface area contributed by atoms with E-state index in [0.717, 1.165) is 5.56 Å². The molecule has 144 valence electrons. The van der Waals surface area contributed by atoms with E-state index in [2.05, 4.69) is 10.2 Å². The Morgan fingerprint density at radius 2 is 1.75 bits per heavy atom. The molecule has 2 aromatic heterocycles. The number of hydrogen-bond acceptors (Lipinski definition) is 6. The number of piperazine rings is 1. The number of amides is 2. The van der Waals surface area contributed by atoms with Crippen LogP contribution in [0.2, 0.25) is 0 Å². The Kier molecular flexibility index (Phi) is 5.48. The molecule has 4 rings (SSSR count). The fourth-order valence-corrected chi connectivity index (χ4v) is 3.78. The number of hydrogen-bond donors (Lipinski definition) is 0. The van der Waals surface area contributed by atoms with Gasteiger partial charge in [0.25, 0.3) is 5.91 Å². The van der Waals surface area contributed by atoms with Gasteiger partial charge >= 0.3 is 0 Å². The molecule has 0 aliphatic carbocycles. The summed E-state index contributed by atoms with van der Waals surface area (Å²) in [6, 6.07) is 11.1. The summed E-state index contributed by atoms with van der Waals surface area (Å²) in [7, 11) is 0. The van der Waals surface area contributed by atoms with Crippen molar-refractivity contribution >= 4 is 23.2 Å². The molecule has 0 radical (unpaired) electrons. The van der Waals surface area contributed by atoms with Crippen LogP contribution in [0.25, 0.3) is 11.5 Å². The zero-order valence-electron chi connectivity index (χ0n) is 15.3. The first-order chi connectivity index (χ1) is 13.7. The van der Waals surface area contributed by atoms with Crippen molar-refractivity contribution in [2.75, 3.05) is 26.2 Å². The summed E-state index contributed by atoms with van der Waals surface area (Å²) in [4.78, 5) is 28.6. The lowest BCUT2D eigenvalue weighted by atomic mass is 10.1. The Hall–Kier alpha value is -3.00. The molecule has 3 heterocycles. The van der Waals surface area contributed by atoms with Gasteiger partial charge in [-0.1, -0.05) is 18.2 Å². The van der Waals surface area contributed by atoms with Gasteiger partial charge in [0, 0.05) is 55.5 Å². The van der Waals surface area contributed by atoms with Gasteiger partial charge in [0.05, 0.1) is 0 Å². The lowest BCUT2D eigenvalue weighted by Crippen LogP contribution is -2.50. The number of aryl methyl sites for hydroxylation is 1. The molecule has 0 saturated carbocycles. The third kappa shape index (κ3) is 4.12. The van der Waals surface area contributed by atoms with E-state index in [1.165, 1.54) is 0 Å². The molecule has 1 aromatic carbocycles. The van der Waals surface area contributed by atoms with Crippen LogP contribution in [-0.4, -0.2) is 58.0 Å². The Morgan fingerprint density at radius 1 is 1.00 bits per heavy atom. The maximum atomic E-state index is 12.5. The predicted octanol–water partition coefficient (Wildman–Crippen LogP) is 2.72. The van der Waals surface area contributed by atoms with E-state index in [4.69, 9.17) is 4.42 Å². The molecule has 2 amide bonds. The van der Waals surface area contributed by atoms with Crippen molar-refractivity contribution in [1.29, 1.82) is 0 Å². The fourth-order valence-electron chi connectivity index (χ4n) is 3.15. The number of benzene rings is 1. The van der Waals surface area contributed by atoms with Gasteiger partial charge < -0.3 is 14.2 Å². The van der Waals surface area contributed by atoms with E-state index < -0.39 is 0 Å². The second-order valence-corrected chi connectivity index (χ2v) is 7.33. The molecule has 0 unspecified atom stereocenters. The zero-order valence-corrected chi connectivity index (χ0v) is 16.1. The largest absolute Gasteiger partial charge is 0.421 e. The molecule has 3 aromatic rings. The number of aromatic nitrogens is 2. The first-order valence-electron chi connectivity index (χ1n) is 9.18. The normalized spacial score (nSPS) is 14.3. The molecule has 1 saturated heterocycles. The zero-order chi connectivity index (χ0) is 19.3. The number of carbonyl (C=O) groups excluding carboxylic acids is 2. The van der Waals surface area contributed by atoms with E-state index >= 15 is 0 Å². The molecule has 0 atom stereocenters. The van der Waals surface area contributed by atoms with Crippen molar-refractivity contribution in [2.45, 2.75) is 12.8 Å². The quantitative estimate of drug-likeness (QED) is 0.663. The Balaban J connectivity index is 1.26. The Bertz CT molecular complexity index is 932. The van der Waals surface area contributed by atoms with Gasteiger partial charge in [0.15, 0.2) is 0 Å². The molecular formula is C20H20N4O3S. The highest BCUT2D eigenvalue weighted by molar-refractivity contribution is 7.08. The summed E-state index contributed by atoms with van der Waals surface area (Å²) < 4.78 is 5.62. The molecule has 0 bridgehead atoms. The van der Waals surface area contributed by atoms with Gasteiger partial charge in [-0.3, -0.25) is 9.59 Å². The fraction of sp³-hybridized carbons (Fsp3) is 0.300. The maximum absolute atomic E-state index is 12.5. The Morgan fingerprint density at radius 3 is 2.46 bits per heavy atom. The summed E-state index contributed by atoms with van der Waals surface area (Å²) in [6.07, 6.45) is 0.733. The first-order valence-corrected chi connectivity index (χ1v) is 10.1. The smallest absolute Gasteiger partial charge is 0.253 e. The third-order valence-corrected chi connectivity index (χ3v) is 5.41.